The number of benzene rings is 2. The van der Waals surface area contributed by atoms with Crippen LogP contribution in [-0.4, -0.2) is 37.0 Å². The van der Waals surface area contributed by atoms with E-state index in [0.717, 1.165) is 16.9 Å². The second-order valence-electron chi connectivity index (χ2n) is 6.14. The van der Waals surface area contributed by atoms with Gasteiger partial charge < -0.3 is 4.74 Å². The lowest BCUT2D eigenvalue weighted by Crippen LogP contribution is -2.52. The van der Waals surface area contributed by atoms with E-state index in [9.17, 15) is 9.59 Å². The molecule has 0 bridgehead atoms. The van der Waals surface area contributed by atoms with E-state index in [1.54, 1.807) is 19.2 Å². The fraction of sp³-hybridized carbons (Fsp3) is 0.200. The van der Waals surface area contributed by atoms with Gasteiger partial charge in [-0.05, 0) is 35.4 Å². The molecule has 1 heterocycles. The molecule has 2 aromatic rings. The Morgan fingerprint density at radius 1 is 1.18 bits per heavy atom. The fourth-order valence-corrected chi connectivity index (χ4v) is 2.60. The number of aliphatic imine (C=N–C) groups is 1. The summed E-state index contributed by atoms with van der Waals surface area (Å²) in [4.78, 5) is 28.4. The number of hydrogen-bond acceptors (Lipinski definition) is 6. The van der Waals surface area contributed by atoms with Gasteiger partial charge in [0, 0.05) is 6.42 Å². The van der Waals surface area contributed by atoms with Gasteiger partial charge in [0.25, 0.3) is 5.91 Å². The maximum absolute atomic E-state index is 12.1. The van der Waals surface area contributed by atoms with Crippen molar-refractivity contribution in [3.05, 3.63) is 65.7 Å². The molecular formula is C20H21N5O3. The van der Waals surface area contributed by atoms with Gasteiger partial charge in [-0.2, -0.15) is 5.10 Å². The molecule has 0 saturated carbocycles. The van der Waals surface area contributed by atoms with Crippen LogP contribution in [0.3, 0.4) is 0 Å². The zero-order chi connectivity index (χ0) is 19.8. The standard InChI is InChI=1S/C20H21N5O3/c1-28-16-9-7-15(8-10-16)13-21-24-19(26)12-17-20(27)25-23-18(22-17)11-14-5-3-2-4-6-14/h2-10,13,17H,11-12H2,1H3,(H,22,23)(H,24,26)(H,25,27)/b21-13+. The van der Waals surface area contributed by atoms with Gasteiger partial charge in [0.1, 0.15) is 17.6 Å². The van der Waals surface area contributed by atoms with Crippen LogP contribution >= 0.6 is 0 Å². The number of methoxy groups -OCH3 is 1. The summed E-state index contributed by atoms with van der Waals surface area (Å²) in [6.45, 7) is 0. The van der Waals surface area contributed by atoms with Gasteiger partial charge in [-0.15, -0.1) is 0 Å². The number of carbonyl (C=O) groups excluding carboxylic acids is 2. The van der Waals surface area contributed by atoms with Gasteiger partial charge >= 0.3 is 0 Å². The number of nitrogens with zero attached hydrogens (tertiary/aromatic N) is 2. The number of hydrazine groups is 1. The first kappa shape index (κ1) is 19.1. The maximum Gasteiger partial charge on any atom is 0.263 e. The van der Waals surface area contributed by atoms with Crippen LogP contribution in [-0.2, 0) is 16.0 Å². The Morgan fingerprint density at radius 3 is 2.64 bits per heavy atom. The largest absolute Gasteiger partial charge is 0.497 e. The minimum Gasteiger partial charge on any atom is -0.497 e. The Morgan fingerprint density at radius 2 is 1.93 bits per heavy atom. The Hall–Kier alpha value is -3.68. The minimum atomic E-state index is -0.795. The molecule has 3 rings (SSSR count). The fourth-order valence-electron chi connectivity index (χ4n) is 2.60. The summed E-state index contributed by atoms with van der Waals surface area (Å²) in [5, 5.41) is 3.91. The topological polar surface area (TPSA) is 104 Å². The van der Waals surface area contributed by atoms with Crippen LogP contribution in [0.2, 0.25) is 0 Å². The van der Waals surface area contributed by atoms with Crippen molar-refractivity contribution in [1.82, 2.24) is 16.3 Å². The third-order valence-corrected chi connectivity index (χ3v) is 4.06. The average Bonchev–Trinajstić information content (AvgIpc) is 2.72. The summed E-state index contributed by atoms with van der Waals surface area (Å²) >= 11 is 0. The van der Waals surface area contributed by atoms with Crippen molar-refractivity contribution in [1.29, 1.82) is 0 Å². The number of nitrogens with one attached hydrogen (secondary N) is 3. The molecule has 1 unspecified atom stereocenters. The predicted octanol–water partition coefficient (Wildman–Crippen LogP) is 1.18. The Bertz CT molecular complexity index is 878. The zero-order valence-electron chi connectivity index (χ0n) is 15.4. The van der Waals surface area contributed by atoms with Crippen molar-refractivity contribution in [2.45, 2.75) is 18.9 Å². The van der Waals surface area contributed by atoms with E-state index in [-0.39, 0.29) is 12.3 Å². The van der Waals surface area contributed by atoms with Crippen LogP contribution in [0.25, 0.3) is 0 Å². The molecular weight excluding hydrogens is 358 g/mol. The van der Waals surface area contributed by atoms with Crippen molar-refractivity contribution < 1.29 is 14.3 Å². The monoisotopic (exact) mass is 379 g/mol. The van der Waals surface area contributed by atoms with E-state index >= 15 is 0 Å². The summed E-state index contributed by atoms with van der Waals surface area (Å²) in [6, 6.07) is 16.2. The molecule has 3 N–H and O–H groups in total. The molecule has 8 nitrogen and oxygen atoms in total. The molecule has 28 heavy (non-hydrogen) atoms. The molecule has 0 aliphatic carbocycles. The zero-order valence-corrected chi connectivity index (χ0v) is 15.4. The van der Waals surface area contributed by atoms with Crippen molar-refractivity contribution in [2.75, 3.05) is 7.11 Å². The molecule has 1 aliphatic heterocycles. The molecule has 1 aliphatic rings. The summed E-state index contributed by atoms with van der Waals surface area (Å²) in [5.41, 5.74) is 9.61. The van der Waals surface area contributed by atoms with Gasteiger partial charge in [0.2, 0.25) is 5.91 Å². The smallest absolute Gasteiger partial charge is 0.263 e. The van der Waals surface area contributed by atoms with Crippen LogP contribution in [0.5, 0.6) is 5.75 Å². The van der Waals surface area contributed by atoms with E-state index in [4.69, 9.17) is 4.74 Å². The van der Waals surface area contributed by atoms with E-state index in [2.05, 4.69) is 26.4 Å². The number of hydrogen-bond donors (Lipinski definition) is 3. The normalized spacial score (nSPS) is 16.1. The number of amidine groups is 1. The molecule has 0 spiro atoms. The van der Waals surface area contributed by atoms with Gasteiger partial charge in [0.15, 0.2) is 0 Å². The third kappa shape index (κ3) is 5.41. The first-order valence-electron chi connectivity index (χ1n) is 8.76. The van der Waals surface area contributed by atoms with E-state index in [0.29, 0.717) is 12.3 Å². The number of amides is 2. The third-order valence-electron chi connectivity index (χ3n) is 4.06. The Balaban J connectivity index is 1.54. The van der Waals surface area contributed by atoms with Crippen molar-refractivity contribution in [2.24, 2.45) is 10.1 Å². The van der Waals surface area contributed by atoms with E-state index < -0.39 is 11.9 Å². The number of ether oxygens (including phenoxy) is 1. The number of carbonyl (C=O) groups is 2. The van der Waals surface area contributed by atoms with Gasteiger partial charge in [-0.1, -0.05) is 30.3 Å². The molecule has 0 radical (unpaired) electrons. The van der Waals surface area contributed by atoms with Crippen molar-refractivity contribution >= 4 is 23.9 Å². The summed E-state index contributed by atoms with van der Waals surface area (Å²) in [5.74, 6) is 0.591. The molecule has 2 amide bonds. The van der Waals surface area contributed by atoms with Gasteiger partial charge in [-0.3, -0.25) is 25.4 Å². The second kappa shape index (κ2) is 9.31. The highest BCUT2D eigenvalue weighted by Gasteiger charge is 2.25. The first-order valence-corrected chi connectivity index (χ1v) is 8.76. The summed E-state index contributed by atoms with van der Waals surface area (Å²) in [6.07, 6.45) is 1.96. The number of hydrazone groups is 1. The SMILES string of the molecule is COc1ccc(/C=N/NC(=O)CC2N=C(Cc3ccccc3)NNC2=O)cc1. The predicted molar refractivity (Wildman–Crippen MR) is 106 cm³/mol. The lowest BCUT2D eigenvalue weighted by Gasteiger charge is -2.21. The summed E-state index contributed by atoms with van der Waals surface area (Å²) in [7, 11) is 1.59. The average molecular weight is 379 g/mol. The highest BCUT2D eigenvalue weighted by atomic mass is 16.5. The molecule has 0 aromatic heterocycles. The second-order valence-corrected chi connectivity index (χ2v) is 6.14. The van der Waals surface area contributed by atoms with Gasteiger partial charge in [0.05, 0.1) is 19.7 Å². The quantitative estimate of drug-likeness (QED) is 0.496. The van der Waals surface area contributed by atoms with E-state index in [1.807, 2.05) is 42.5 Å². The maximum atomic E-state index is 12.1. The van der Waals surface area contributed by atoms with Crippen LogP contribution in [0.1, 0.15) is 17.5 Å². The highest BCUT2D eigenvalue weighted by Crippen LogP contribution is 2.10. The Kier molecular flexibility index (Phi) is 6.35. The van der Waals surface area contributed by atoms with Crippen molar-refractivity contribution in [3.63, 3.8) is 0 Å². The molecule has 2 aromatic carbocycles. The first-order chi connectivity index (χ1) is 13.6. The molecule has 0 saturated heterocycles. The van der Waals surface area contributed by atoms with E-state index in [1.165, 1.54) is 6.21 Å². The molecule has 0 fully saturated rings. The minimum absolute atomic E-state index is 0.0915. The Labute approximate surface area is 162 Å². The lowest BCUT2D eigenvalue weighted by atomic mass is 10.1. The van der Waals surface area contributed by atoms with Crippen LogP contribution in [0.4, 0.5) is 0 Å². The molecule has 8 heteroatoms. The highest BCUT2D eigenvalue weighted by molar-refractivity contribution is 5.96. The lowest BCUT2D eigenvalue weighted by molar-refractivity contribution is -0.128. The van der Waals surface area contributed by atoms with Crippen LogP contribution in [0, 0.1) is 0 Å². The molecule has 144 valence electrons. The number of rotatable bonds is 7. The van der Waals surface area contributed by atoms with Gasteiger partial charge in [-0.25, -0.2) is 5.43 Å². The molecule has 1 atom stereocenters. The summed E-state index contributed by atoms with van der Waals surface area (Å²) < 4.78 is 5.08. The van der Waals surface area contributed by atoms with Crippen LogP contribution in [0.15, 0.2) is 64.7 Å². The van der Waals surface area contributed by atoms with Crippen molar-refractivity contribution in [3.8, 4) is 5.75 Å². The van der Waals surface area contributed by atoms with Crippen LogP contribution < -0.4 is 21.0 Å².